The smallest absolute Gasteiger partial charge is 0.326 e. The first kappa shape index (κ1) is 27.2. The van der Waals surface area contributed by atoms with Crippen molar-refractivity contribution in [1.82, 2.24) is 16.0 Å². The molecule has 6 N–H and O–H groups in total. The summed E-state index contributed by atoms with van der Waals surface area (Å²) in [6.45, 7) is 8.61. The number of hydrogen-bond donors (Lipinski definition) is 5. The van der Waals surface area contributed by atoms with Crippen molar-refractivity contribution in [2.24, 2.45) is 17.6 Å². The molecule has 29 heavy (non-hydrogen) atoms. The van der Waals surface area contributed by atoms with Crippen LogP contribution in [0.5, 0.6) is 0 Å². The van der Waals surface area contributed by atoms with Crippen LogP contribution in [0, 0.1) is 11.8 Å². The number of hydrogen-bond acceptors (Lipinski definition) is 6. The van der Waals surface area contributed by atoms with Gasteiger partial charge in [0.25, 0.3) is 0 Å². The van der Waals surface area contributed by atoms with Crippen molar-refractivity contribution in [3.63, 3.8) is 0 Å². The highest BCUT2D eigenvalue weighted by atomic mass is 32.2. The molecule has 0 bridgehead atoms. The number of aliphatic carboxylic acids is 1. The summed E-state index contributed by atoms with van der Waals surface area (Å²) in [4.78, 5) is 48.6. The molecule has 5 unspecified atom stereocenters. The Balaban J connectivity index is 5.05. The molecule has 0 aliphatic carbocycles. The predicted molar refractivity (Wildman–Crippen MR) is 114 cm³/mol. The van der Waals surface area contributed by atoms with Gasteiger partial charge in [-0.25, -0.2) is 4.79 Å². The highest BCUT2D eigenvalue weighted by molar-refractivity contribution is 7.98. The second kappa shape index (κ2) is 13.4. The molecule has 9 nitrogen and oxygen atoms in total. The highest BCUT2D eigenvalue weighted by Crippen LogP contribution is 2.08. The molecular weight excluding hydrogens is 396 g/mol. The minimum absolute atomic E-state index is 0.0343. The Bertz CT molecular complexity index is 573. The minimum Gasteiger partial charge on any atom is -0.480 e. The number of carboxylic acid groups (broad SMARTS) is 1. The number of carbonyl (C=O) groups excluding carboxylic acids is 3. The molecular formula is C19H36N4O5S. The van der Waals surface area contributed by atoms with Crippen LogP contribution in [0.3, 0.4) is 0 Å². The molecule has 0 aromatic carbocycles. The molecule has 0 aromatic rings. The van der Waals surface area contributed by atoms with Crippen LogP contribution in [0.4, 0.5) is 0 Å². The summed E-state index contributed by atoms with van der Waals surface area (Å²) in [5.74, 6) is -2.39. The summed E-state index contributed by atoms with van der Waals surface area (Å²) in [5.41, 5.74) is 5.94. The van der Waals surface area contributed by atoms with Gasteiger partial charge in [0.05, 0.1) is 6.04 Å². The molecule has 0 aliphatic heterocycles. The summed E-state index contributed by atoms with van der Waals surface area (Å²) in [6.07, 6.45) is 2.99. The lowest BCUT2D eigenvalue weighted by Gasteiger charge is -2.25. The lowest BCUT2D eigenvalue weighted by Crippen LogP contribution is -2.57. The predicted octanol–water partition coefficient (Wildman–Crippen LogP) is 0.328. The molecule has 0 saturated heterocycles. The molecule has 0 radical (unpaired) electrons. The van der Waals surface area contributed by atoms with E-state index >= 15 is 0 Å². The maximum atomic E-state index is 12.6. The number of carboxylic acids is 1. The fourth-order valence-corrected chi connectivity index (χ4v) is 2.93. The Hall–Kier alpha value is -1.81. The Morgan fingerprint density at radius 2 is 1.55 bits per heavy atom. The van der Waals surface area contributed by atoms with Gasteiger partial charge in [0.15, 0.2) is 0 Å². The molecule has 168 valence electrons. The van der Waals surface area contributed by atoms with Gasteiger partial charge in [-0.1, -0.05) is 34.1 Å². The van der Waals surface area contributed by atoms with Crippen LogP contribution in [-0.4, -0.2) is 65.0 Å². The Labute approximate surface area is 177 Å². The van der Waals surface area contributed by atoms with Gasteiger partial charge in [-0.2, -0.15) is 11.8 Å². The summed E-state index contributed by atoms with van der Waals surface area (Å²) >= 11 is 1.53. The lowest BCUT2D eigenvalue weighted by atomic mass is 9.99. The molecule has 0 aliphatic rings. The van der Waals surface area contributed by atoms with Crippen LogP contribution >= 0.6 is 11.8 Å². The quantitative estimate of drug-likeness (QED) is 0.281. The van der Waals surface area contributed by atoms with E-state index in [0.29, 0.717) is 12.2 Å². The van der Waals surface area contributed by atoms with Gasteiger partial charge in [-0.05, 0) is 37.2 Å². The maximum Gasteiger partial charge on any atom is 0.326 e. The first-order chi connectivity index (χ1) is 13.5. The Morgan fingerprint density at radius 1 is 0.966 bits per heavy atom. The second-order valence-corrected chi connectivity index (χ2v) is 8.54. The SMILES string of the molecule is CCC(C)C(N)C(=O)NC(CCSC)C(=O)NC(C)C(=O)NC(C(=O)O)C(C)C. The minimum atomic E-state index is -1.14. The molecule has 0 aromatic heterocycles. The summed E-state index contributed by atoms with van der Waals surface area (Å²) < 4.78 is 0. The van der Waals surface area contributed by atoms with Crippen molar-refractivity contribution in [2.75, 3.05) is 12.0 Å². The standard InChI is InChI=1S/C19H36N4O5S/c1-7-11(4)14(20)18(26)22-13(8-9-29-6)17(25)21-12(5)16(24)23-15(10(2)3)19(27)28/h10-15H,7-9,20H2,1-6H3,(H,21,25)(H,22,26)(H,23,24)(H,27,28). The molecule has 0 fully saturated rings. The molecule has 0 spiro atoms. The molecule has 3 amide bonds. The van der Waals surface area contributed by atoms with Crippen molar-refractivity contribution in [2.45, 2.75) is 71.6 Å². The zero-order valence-corrected chi connectivity index (χ0v) is 19.0. The van der Waals surface area contributed by atoms with Crippen LogP contribution in [0.25, 0.3) is 0 Å². The zero-order valence-electron chi connectivity index (χ0n) is 18.2. The molecule has 5 atom stereocenters. The van der Waals surface area contributed by atoms with Gasteiger partial charge in [0, 0.05) is 0 Å². The third-order valence-electron chi connectivity index (χ3n) is 4.79. The molecule has 10 heteroatoms. The van der Waals surface area contributed by atoms with E-state index in [2.05, 4.69) is 16.0 Å². The van der Waals surface area contributed by atoms with E-state index in [-0.39, 0.29) is 11.8 Å². The zero-order chi connectivity index (χ0) is 22.7. The van der Waals surface area contributed by atoms with Crippen molar-refractivity contribution >= 4 is 35.5 Å². The van der Waals surface area contributed by atoms with Crippen molar-refractivity contribution in [3.8, 4) is 0 Å². The van der Waals surface area contributed by atoms with Crippen LogP contribution in [0.15, 0.2) is 0 Å². The summed E-state index contributed by atoms with van der Waals surface area (Å²) in [7, 11) is 0. The van der Waals surface area contributed by atoms with Crippen LogP contribution in [0.1, 0.15) is 47.5 Å². The molecule has 0 saturated carbocycles. The van der Waals surface area contributed by atoms with Crippen molar-refractivity contribution < 1.29 is 24.3 Å². The summed E-state index contributed by atoms with van der Waals surface area (Å²) in [6, 6.07) is -3.57. The van der Waals surface area contributed by atoms with Crippen molar-refractivity contribution in [1.29, 1.82) is 0 Å². The first-order valence-corrected chi connectivity index (χ1v) is 11.2. The first-order valence-electron chi connectivity index (χ1n) is 9.84. The number of thioether (sulfide) groups is 1. The normalized spacial score (nSPS) is 16.3. The van der Waals surface area contributed by atoms with Gasteiger partial charge in [-0.3, -0.25) is 14.4 Å². The van der Waals surface area contributed by atoms with Gasteiger partial charge in [-0.15, -0.1) is 0 Å². The molecule has 0 rings (SSSR count). The van der Waals surface area contributed by atoms with Gasteiger partial charge >= 0.3 is 5.97 Å². The van der Waals surface area contributed by atoms with E-state index in [1.165, 1.54) is 18.7 Å². The Morgan fingerprint density at radius 3 is 2.00 bits per heavy atom. The summed E-state index contributed by atoms with van der Waals surface area (Å²) in [5, 5.41) is 16.8. The average molecular weight is 433 g/mol. The van der Waals surface area contributed by atoms with E-state index in [1.807, 2.05) is 20.1 Å². The van der Waals surface area contributed by atoms with Crippen LogP contribution < -0.4 is 21.7 Å². The number of rotatable bonds is 13. The Kier molecular flexibility index (Phi) is 12.6. The monoisotopic (exact) mass is 432 g/mol. The number of carbonyl (C=O) groups is 4. The number of nitrogens with one attached hydrogen (secondary N) is 3. The lowest BCUT2D eigenvalue weighted by molar-refractivity contribution is -0.143. The largest absolute Gasteiger partial charge is 0.480 e. The van der Waals surface area contributed by atoms with E-state index in [1.54, 1.807) is 13.8 Å². The second-order valence-electron chi connectivity index (χ2n) is 7.55. The van der Waals surface area contributed by atoms with E-state index < -0.39 is 47.9 Å². The van der Waals surface area contributed by atoms with Gasteiger partial charge in [0.2, 0.25) is 17.7 Å². The van der Waals surface area contributed by atoms with Crippen LogP contribution in [-0.2, 0) is 19.2 Å². The van der Waals surface area contributed by atoms with Gasteiger partial charge in [0.1, 0.15) is 18.1 Å². The average Bonchev–Trinajstić information content (AvgIpc) is 2.66. The fourth-order valence-electron chi connectivity index (χ4n) is 2.46. The number of amides is 3. The third kappa shape index (κ3) is 9.49. The van der Waals surface area contributed by atoms with E-state index in [0.717, 1.165) is 6.42 Å². The van der Waals surface area contributed by atoms with Crippen LogP contribution in [0.2, 0.25) is 0 Å². The topological polar surface area (TPSA) is 151 Å². The number of nitrogens with two attached hydrogens (primary N) is 1. The third-order valence-corrected chi connectivity index (χ3v) is 5.43. The van der Waals surface area contributed by atoms with E-state index in [9.17, 15) is 24.3 Å². The fraction of sp³-hybridized carbons (Fsp3) is 0.789. The maximum absolute atomic E-state index is 12.6. The highest BCUT2D eigenvalue weighted by Gasteiger charge is 2.29. The molecule has 0 heterocycles. The van der Waals surface area contributed by atoms with Gasteiger partial charge < -0.3 is 26.8 Å². The van der Waals surface area contributed by atoms with Crippen molar-refractivity contribution in [3.05, 3.63) is 0 Å². The van der Waals surface area contributed by atoms with E-state index in [4.69, 9.17) is 5.73 Å².